The van der Waals surface area contributed by atoms with Crippen molar-refractivity contribution < 1.29 is 9.53 Å². The quantitative estimate of drug-likeness (QED) is 0.808. The van der Waals surface area contributed by atoms with E-state index >= 15 is 0 Å². The number of aryl methyl sites for hydroxylation is 2. The highest BCUT2D eigenvalue weighted by atomic mass is 16.5. The molecule has 0 radical (unpaired) electrons. The average molecular weight is 311 g/mol. The van der Waals surface area contributed by atoms with Crippen LogP contribution in [0.2, 0.25) is 0 Å². The number of hydrogen-bond acceptors (Lipinski definition) is 5. The Morgan fingerprint density at radius 1 is 1.30 bits per heavy atom. The number of nitrogens with zero attached hydrogens (tertiary/aromatic N) is 3. The van der Waals surface area contributed by atoms with E-state index in [-0.39, 0.29) is 18.7 Å². The molecule has 6 heteroatoms. The van der Waals surface area contributed by atoms with Gasteiger partial charge in [-0.15, -0.1) is 0 Å². The topological polar surface area (TPSA) is 85.0 Å². The van der Waals surface area contributed by atoms with Crippen LogP contribution in [0.1, 0.15) is 28.4 Å². The van der Waals surface area contributed by atoms with Crippen molar-refractivity contribution in [1.82, 2.24) is 9.78 Å². The molecule has 0 N–H and O–H groups in total. The lowest BCUT2D eigenvalue weighted by Crippen LogP contribution is -2.29. The molecule has 0 aliphatic rings. The first-order valence-corrected chi connectivity index (χ1v) is 7.21. The number of nitriles is 1. The molecule has 0 spiro atoms. The van der Waals surface area contributed by atoms with Gasteiger partial charge in [0.05, 0.1) is 18.4 Å². The molecule has 1 heterocycles. The van der Waals surface area contributed by atoms with Gasteiger partial charge in [-0.1, -0.05) is 12.1 Å². The molecular weight excluding hydrogens is 294 g/mol. The van der Waals surface area contributed by atoms with E-state index in [1.165, 1.54) is 6.07 Å². The minimum Gasteiger partial charge on any atom is -0.462 e. The van der Waals surface area contributed by atoms with Crippen molar-refractivity contribution in [3.63, 3.8) is 0 Å². The van der Waals surface area contributed by atoms with E-state index in [9.17, 15) is 9.59 Å². The molecule has 0 saturated heterocycles. The maximum absolute atomic E-state index is 12.2. The largest absolute Gasteiger partial charge is 0.462 e. The summed E-state index contributed by atoms with van der Waals surface area (Å²) in [5, 5.41) is 13.0. The van der Waals surface area contributed by atoms with Crippen LogP contribution >= 0.6 is 0 Å². The molecule has 0 bridgehead atoms. The van der Waals surface area contributed by atoms with Gasteiger partial charge in [-0.25, -0.2) is 9.48 Å². The lowest BCUT2D eigenvalue weighted by molar-refractivity contribution is 0.0523. The molecule has 0 atom stereocenters. The minimum atomic E-state index is -0.711. The van der Waals surface area contributed by atoms with Crippen LogP contribution in [0.25, 0.3) is 11.3 Å². The fourth-order valence-corrected chi connectivity index (χ4v) is 2.11. The number of carbonyl (C=O) groups is 1. The fourth-order valence-electron chi connectivity index (χ4n) is 2.11. The molecule has 2 aromatic rings. The van der Waals surface area contributed by atoms with Crippen LogP contribution in [0.3, 0.4) is 0 Å². The summed E-state index contributed by atoms with van der Waals surface area (Å²) in [5.74, 6) is -0.711. The third-order valence-electron chi connectivity index (χ3n) is 3.49. The Morgan fingerprint density at radius 3 is 2.65 bits per heavy atom. The second kappa shape index (κ2) is 6.88. The summed E-state index contributed by atoms with van der Waals surface area (Å²) < 4.78 is 5.90. The summed E-state index contributed by atoms with van der Waals surface area (Å²) in [4.78, 5) is 24.2. The summed E-state index contributed by atoms with van der Waals surface area (Å²) in [7, 11) is 0. The second-order valence-corrected chi connectivity index (χ2v) is 5.08. The Balaban J connectivity index is 2.64. The van der Waals surface area contributed by atoms with Gasteiger partial charge >= 0.3 is 5.97 Å². The molecule has 0 fully saturated rings. The maximum Gasteiger partial charge on any atom is 0.343 e. The number of ether oxygens (including phenoxy) is 1. The maximum atomic E-state index is 12.2. The highest BCUT2D eigenvalue weighted by Crippen LogP contribution is 2.20. The third kappa shape index (κ3) is 3.46. The van der Waals surface area contributed by atoms with E-state index in [1.807, 2.05) is 38.1 Å². The molecule has 1 aromatic carbocycles. The molecule has 1 aromatic heterocycles. The molecule has 118 valence electrons. The molecule has 0 amide bonds. The SMILES string of the molecule is CCOC(=O)c1cc(-c2ccc(C)c(C)c2)nn(CC#N)c1=O. The van der Waals surface area contributed by atoms with E-state index in [4.69, 9.17) is 10.00 Å². The summed E-state index contributed by atoms with van der Waals surface area (Å²) in [6.07, 6.45) is 0. The number of rotatable bonds is 4. The third-order valence-corrected chi connectivity index (χ3v) is 3.49. The van der Waals surface area contributed by atoms with E-state index in [2.05, 4.69) is 5.10 Å². The highest BCUT2D eigenvalue weighted by Gasteiger charge is 2.17. The molecule has 0 aliphatic carbocycles. The first-order chi connectivity index (χ1) is 11.0. The Hall–Kier alpha value is -2.94. The smallest absolute Gasteiger partial charge is 0.343 e. The number of carbonyl (C=O) groups excluding carboxylic acids is 1. The van der Waals surface area contributed by atoms with Crippen molar-refractivity contribution in [3.8, 4) is 17.3 Å². The number of esters is 1. The highest BCUT2D eigenvalue weighted by molar-refractivity contribution is 5.90. The average Bonchev–Trinajstić information content (AvgIpc) is 2.52. The van der Waals surface area contributed by atoms with Crippen molar-refractivity contribution in [3.05, 3.63) is 51.3 Å². The summed E-state index contributed by atoms with van der Waals surface area (Å²) >= 11 is 0. The lowest BCUT2D eigenvalue weighted by Gasteiger charge is -2.09. The number of benzene rings is 1. The van der Waals surface area contributed by atoms with E-state index in [1.54, 1.807) is 6.92 Å². The van der Waals surface area contributed by atoms with Gasteiger partial charge in [0.2, 0.25) is 0 Å². The van der Waals surface area contributed by atoms with Gasteiger partial charge in [-0.2, -0.15) is 10.4 Å². The zero-order valence-electron chi connectivity index (χ0n) is 13.3. The van der Waals surface area contributed by atoms with Crippen molar-refractivity contribution in [2.45, 2.75) is 27.3 Å². The lowest BCUT2D eigenvalue weighted by atomic mass is 10.0. The van der Waals surface area contributed by atoms with E-state index in [0.717, 1.165) is 21.4 Å². The second-order valence-electron chi connectivity index (χ2n) is 5.08. The van der Waals surface area contributed by atoms with Gasteiger partial charge in [0.25, 0.3) is 5.56 Å². The Kier molecular flexibility index (Phi) is 4.91. The molecule has 0 aliphatic heterocycles. The van der Waals surface area contributed by atoms with Crippen molar-refractivity contribution in [2.24, 2.45) is 0 Å². The van der Waals surface area contributed by atoms with Crippen LogP contribution < -0.4 is 5.56 Å². The van der Waals surface area contributed by atoms with Crippen LogP contribution in [0.15, 0.2) is 29.1 Å². The van der Waals surface area contributed by atoms with Crippen LogP contribution in [-0.4, -0.2) is 22.4 Å². The van der Waals surface area contributed by atoms with Crippen LogP contribution in [0.5, 0.6) is 0 Å². The van der Waals surface area contributed by atoms with Crippen LogP contribution in [0.4, 0.5) is 0 Å². The van der Waals surface area contributed by atoms with E-state index in [0.29, 0.717) is 5.69 Å². The molecule has 0 saturated carbocycles. The predicted molar refractivity (Wildman–Crippen MR) is 85.0 cm³/mol. The standard InChI is InChI=1S/C17H17N3O3/c1-4-23-17(22)14-10-15(19-20(8-7-18)16(14)21)13-6-5-11(2)12(3)9-13/h5-6,9-10H,4,8H2,1-3H3. The van der Waals surface area contributed by atoms with Gasteiger partial charge in [-0.3, -0.25) is 4.79 Å². The molecule has 23 heavy (non-hydrogen) atoms. The Morgan fingerprint density at radius 2 is 2.04 bits per heavy atom. The summed E-state index contributed by atoms with van der Waals surface area (Å²) in [6.45, 7) is 5.56. The molecule has 6 nitrogen and oxygen atoms in total. The van der Waals surface area contributed by atoms with Gasteiger partial charge in [-0.05, 0) is 44.0 Å². The van der Waals surface area contributed by atoms with Gasteiger partial charge in [0.15, 0.2) is 0 Å². The Bertz CT molecular complexity index is 847. The van der Waals surface area contributed by atoms with Crippen molar-refractivity contribution >= 4 is 5.97 Å². The van der Waals surface area contributed by atoms with Gasteiger partial charge in [0.1, 0.15) is 12.1 Å². The van der Waals surface area contributed by atoms with E-state index < -0.39 is 11.5 Å². The summed E-state index contributed by atoms with van der Waals surface area (Å²) in [5.41, 5.74) is 2.67. The first kappa shape index (κ1) is 16.4. The molecular formula is C17H17N3O3. The monoisotopic (exact) mass is 311 g/mol. The Labute approximate surface area is 133 Å². The first-order valence-electron chi connectivity index (χ1n) is 7.21. The normalized spacial score (nSPS) is 10.2. The van der Waals surface area contributed by atoms with Crippen molar-refractivity contribution in [2.75, 3.05) is 6.61 Å². The number of hydrogen-bond donors (Lipinski definition) is 0. The number of aromatic nitrogens is 2. The minimum absolute atomic E-state index is 0.120. The fraction of sp³-hybridized carbons (Fsp3) is 0.294. The zero-order valence-corrected chi connectivity index (χ0v) is 13.3. The molecule has 0 unspecified atom stereocenters. The predicted octanol–water partition coefficient (Wildman–Crippen LogP) is 2.23. The zero-order chi connectivity index (χ0) is 17.0. The van der Waals surface area contributed by atoms with Crippen LogP contribution in [0, 0.1) is 25.2 Å². The van der Waals surface area contributed by atoms with Gasteiger partial charge in [0, 0.05) is 5.56 Å². The van der Waals surface area contributed by atoms with Crippen molar-refractivity contribution in [1.29, 1.82) is 5.26 Å². The summed E-state index contributed by atoms with van der Waals surface area (Å²) in [6, 6.07) is 9.01. The van der Waals surface area contributed by atoms with Gasteiger partial charge < -0.3 is 4.74 Å². The molecule has 2 rings (SSSR count). The van der Waals surface area contributed by atoms with Crippen LogP contribution in [-0.2, 0) is 11.3 Å².